The molecule has 1 unspecified atom stereocenters. The molecule has 0 bridgehead atoms. The molecule has 0 radical (unpaired) electrons. The molecule has 1 atom stereocenters. The molecule has 2 N–H and O–H groups in total. The molecule has 20 heavy (non-hydrogen) atoms. The van der Waals surface area contributed by atoms with Crippen molar-refractivity contribution in [3.05, 3.63) is 64.5 Å². The summed E-state index contributed by atoms with van der Waals surface area (Å²) in [6.07, 6.45) is -0.623. The Hall–Kier alpha value is -1.55. The largest absolute Gasteiger partial charge is 0.387 e. The van der Waals surface area contributed by atoms with Crippen molar-refractivity contribution in [2.24, 2.45) is 0 Å². The van der Waals surface area contributed by atoms with Gasteiger partial charge in [-0.3, -0.25) is 0 Å². The second-order valence-corrected chi connectivity index (χ2v) is 5.95. The number of anilines is 1. The summed E-state index contributed by atoms with van der Waals surface area (Å²) in [5.74, 6) is 0. The predicted molar refractivity (Wildman–Crippen MR) is 86.7 cm³/mol. The summed E-state index contributed by atoms with van der Waals surface area (Å²) in [5, 5.41) is 17.3. The van der Waals surface area contributed by atoms with Crippen LogP contribution in [0.15, 0.2) is 53.9 Å². The van der Waals surface area contributed by atoms with E-state index in [0.29, 0.717) is 11.6 Å². The van der Waals surface area contributed by atoms with Gasteiger partial charge in [-0.2, -0.15) is 0 Å². The van der Waals surface area contributed by atoms with Gasteiger partial charge in [-0.05, 0) is 41.1 Å². The van der Waals surface area contributed by atoms with Gasteiger partial charge in [0.1, 0.15) is 0 Å². The van der Waals surface area contributed by atoms with E-state index in [1.165, 1.54) is 10.1 Å². The highest BCUT2D eigenvalue weighted by Gasteiger charge is 2.10. The third-order valence-electron chi connectivity index (χ3n) is 3.22. The Morgan fingerprint density at radius 3 is 2.85 bits per heavy atom. The number of nitrogens with one attached hydrogen (secondary N) is 1. The van der Waals surface area contributed by atoms with Gasteiger partial charge in [0, 0.05) is 27.5 Å². The summed E-state index contributed by atoms with van der Waals surface area (Å²) in [6.45, 7) is 0.430. The van der Waals surface area contributed by atoms with Crippen molar-refractivity contribution < 1.29 is 5.11 Å². The highest BCUT2D eigenvalue weighted by Crippen LogP contribution is 2.26. The molecule has 1 aromatic heterocycles. The number of fused-ring (bicyclic) bond motifs is 1. The first-order valence-electron chi connectivity index (χ1n) is 6.37. The van der Waals surface area contributed by atoms with Crippen LogP contribution in [0.4, 0.5) is 5.69 Å². The standard InChI is InChI=1S/C16H14ClNOS/c17-14-4-2-1-3-13(14)15(19)10-18-12-5-6-16-11(9-12)7-8-20-16/h1-9,15,18-19H,10H2. The van der Waals surface area contributed by atoms with E-state index < -0.39 is 6.10 Å². The maximum absolute atomic E-state index is 10.2. The molecule has 0 aliphatic carbocycles. The Labute approximate surface area is 126 Å². The molecule has 3 rings (SSSR count). The van der Waals surface area contributed by atoms with Crippen molar-refractivity contribution in [2.75, 3.05) is 11.9 Å². The van der Waals surface area contributed by atoms with E-state index >= 15 is 0 Å². The highest BCUT2D eigenvalue weighted by atomic mass is 35.5. The van der Waals surface area contributed by atoms with Crippen LogP contribution in [0.1, 0.15) is 11.7 Å². The van der Waals surface area contributed by atoms with Crippen LogP contribution >= 0.6 is 22.9 Å². The molecule has 0 spiro atoms. The van der Waals surface area contributed by atoms with E-state index in [1.54, 1.807) is 17.4 Å². The van der Waals surface area contributed by atoms with Crippen LogP contribution in [-0.2, 0) is 0 Å². The van der Waals surface area contributed by atoms with Gasteiger partial charge >= 0.3 is 0 Å². The Kier molecular flexibility index (Phi) is 3.92. The van der Waals surface area contributed by atoms with Crippen molar-refractivity contribution in [3.63, 3.8) is 0 Å². The number of aliphatic hydroxyl groups is 1. The van der Waals surface area contributed by atoms with Crippen LogP contribution in [0, 0.1) is 0 Å². The first kappa shape index (κ1) is 13.4. The van der Waals surface area contributed by atoms with Gasteiger partial charge in [-0.1, -0.05) is 29.8 Å². The van der Waals surface area contributed by atoms with Crippen molar-refractivity contribution >= 4 is 38.7 Å². The number of halogens is 1. The van der Waals surface area contributed by atoms with Gasteiger partial charge in [-0.25, -0.2) is 0 Å². The van der Waals surface area contributed by atoms with Crippen LogP contribution in [-0.4, -0.2) is 11.7 Å². The number of thiophene rings is 1. The summed E-state index contributed by atoms with van der Waals surface area (Å²) in [6, 6.07) is 15.7. The Morgan fingerprint density at radius 1 is 1.15 bits per heavy atom. The first-order chi connectivity index (χ1) is 9.74. The van der Waals surface area contributed by atoms with Crippen molar-refractivity contribution in [2.45, 2.75) is 6.10 Å². The Morgan fingerprint density at radius 2 is 2.00 bits per heavy atom. The molecule has 1 heterocycles. The fourth-order valence-corrected chi connectivity index (χ4v) is 3.18. The zero-order chi connectivity index (χ0) is 13.9. The number of hydrogen-bond donors (Lipinski definition) is 2. The normalized spacial score (nSPS) is 12.5. The summed E-state index contributed by atoms with van der Waals surface area (Å²) >= 11 is 7.80. The molecule has 0 saturated carbocycles. The Balaban J connectivity index is 1.71. The summed E-state index contributed by atoms with van der Waals surface area (Å²) < 4.78 is 1.27. The van der Waals surface area contributed by atoms with Crippen molar-refractivity contribution in [1.29, 1.82) is 0 Å². The number of benzene rings is 2. The van der Waals surface area contributed by atoms with Gasteiger partial charge in [0.2, 0.25) is 0 Å². The average molecular weight is 304 g/mol. The van der Waals surface area contributed by atoms with Crippen LogP contribution < -0.4 is 5.32 Å². The molecule has 102 valence electrons. The molecule has 0 saturated heterocycles. The zero-order valence-corrected chi connectivity index (χ0v) is 12.3. The van der Waals surface area contributed by atoms with E-state index in [1.807, 2.05) is 24.3 Å². The minimum Gasteiger partial charge on any atom is -0.387 e. The topological polar surface area (TPSA) is 32.3 Å². The second kappa shape index (κ2) is 5.83. The molecule has 4 heteroatoms. The molecule has 2 aromatic carbocycles. The van der Waals surface area contributed by atoms with Crippen LogP contribution in [0.3, 0.4) is 0 Å². The van der Waals surface area contributed by atoms with Gasteiger partial charge in [-0.15, -0.1) is 11.3 Å². The van der Waals surface area contributed by atoms with Crippen LogP contribution in [0.5, 0.6) is 0 Å². The van der Waals surface area contributed by atoms with Gasteiger partial charge in [0.25, 0.3) is 0 Å². The molecule has 2 nitrogen and oxygen atoms in total. The fourth-order valence-electron chi connectivity index (χ4n) is 2.15. The minimum atomic E-state index is -0.623. The molecule has 3 aromatic rings. The Bertz CT molecular complexity index is 725. The quantitative estimate of drug-likeness (QED) is 0.732. The predicted octanol–water partition coefficient (Wildman–Crippen LogP) is 4.70. The third kappa shape index (κ3) is 2.80. The molecular weight excluding hydrogens is 290 g/mol. The SMILES string of the molecule is OC(CNc1ccc2sccc2c1)c1ccccc1Cl. The van der Waals surface area contributed by atoms with Crippen molar-refractivity contribution in [1.82, 2.24) is 0 Å². The lowest BCUT2D eigenvalue weighted by atomic mass is 10.1. The fraction of sp³-hybridized carbons (Fsp3) is 0.125. The number of aliphatic hydroxyl groups excluding tert-OH is 1. The van der Waals surface area contributed by atoms with E-state index in [2.05, 4.69) is 28.9 Å². The maximum Gasteiger partial charge on any atom is 0.0976 e. The number of hydrogen-bond acceptors (Lipinski definition) is 3. The highest BCUT2D eigenvalue weighted by molar-refractivity contribution is 7.17. The summed E-state index contributed by atoms with van der Waals surface area (Å²) in [5.41, 5.74) is 1.75. The van der Waals surface area contributed by atoms with E-state index in [-0.39, 0.29) is 0 Å². The van der Waals surface area contributed by atoms with Crippen molar-refractivity contribution in [3.8, 4) is 0 Å². The second-order valence-electron chi connectivity index (χ2n) is 4.59. The zero-order valence-electron chi connectivity index (χ0n) is 10.7. The lowest BCUT2D eigenvalue weighted by Crippen LogP contribution is -2.12. The average Bonchev–Trinajstić information content (AvgIpc) is 2.92. The number of rotatable bonds is 4. The molecule has 0 fully saturated rings. The van der Waals surface area contributed by atoms with E-state index in [0.717, 1.165) is 11.3 Å². The monoisotopic (exact) mass is 303 g/mol. The molecule has 0 aliphatic heterocycles. The summed E-state index contributed by atoms with van der Waals surface area (Å²) in [7, 11) is 0. The molecule has 0 amide bonds. The lowest BCUT2D eigenvalue weighted by Gasteiger charge is -2.14. The molecule has 0 aliphatic rings. The lowest BCUT2D eigenvalue weighted by molar-refractivity contribution is 0.192. The van der Waals surface area contributed by atoms with Gasteiger partial charge in [0.05, 0.1) is 6.10 Å². The minimum absolute atomic E-state index is 0.430. The maximum atomic E-state index is 10.2. The van der Waals surface area contributed by atoms with Crippen LogP contribution in [0.25, 0.3) is 10.1 Å². The van der Waals surface area contributed by atoms with E-state index in [4.69, 9.17) is 11.6 Å². The van der Waals surface area contributed by atoms with Gasteiger partial charge in [0.15, 0.2) is 0 Å². The third-order valence-corrected chi connectivity index (χ3v) is 4.46. The first-order valence-corrected chi connectivity index (χ1v) is 7.63. The smallest absolute Gasteiger partial charge is 0.0976 e. The van der Waals surface area contributed by atoms with E-state index in [9.17, 15) is 5.11 Å². The molecular formula is C16H14ClNOS. The van der Waals surface area contributed by atoms with Gasteiger partial charge < -0.3 is 10.4 Å². The van der Waals surface area contributed by atoms with Crippen LogP contribution in [0.2, 0.25) is 5.02 Å². The summed E-state index contributed by atoms with van der Waals surface area (Å²) in [4.78, 5) is 0.